The number of hydrogen-bond donors (Lipinski definition) is 1. The number of rotatable bonds is 8. The van der Waals surface area contributed by atoms with Crippen LogP contribution in [0.1, 0.15) is 43.8 Å². The molecular formula is C31H38FN7O7S. The number of likely N-dealkylation sites (tertiary alicyclic amines) is 1. The van der Waals surface area contributed by atoms with Gasteiger partial charge in [-0.05, 0) is 51.5 Å². The normalized spacial score (nSPS) is 16.8. The second-order valence-corrected chi connectivity index (χ2v) is 14.8. The minimum absolute atomic E-state index is 0.0982. The van der Waals surface area contributed by atoms with Crippen molar-refractivity contribution in [3.63, 3.8) is 0 Å². The number of halogens is 1. The molecule has 6 heterocycles. The van der Waals surface area contributed by atoms with Gasteiger partial charge in [0.2, 0.25) is 10.0 Å². The number of fused-ring (bicyclic) bond motifs is 2. The Kier molecular flexibility index (Phi) is 8.61. The van der Waals surface area contributed by atoms with Crippen LogP contribution in [0, 0.1) is 12.7 Å². The molecule has 6 rings (SSSR count). The van der Waals surface area contributed by atoms with Crippen molar-refractivity contribution in [2.45, 2.75) is 57.6 Å². The summed E-state index contributed by atoms with van der Waals surface area (Å²) in [6.45, 7) is 7.91. The van der Waals surface area contributed by atoms with Gasteiger partial charge >= 0.3 is 6.09 Å². The third-order valence-corrected chi connectivity index (χ3v) is 10.5. The number of methoxy groups -OCH3 is 1. The Hall–Kier alpha value is -4.28. The fourth-order valence-electron chi connectivity index (χ4n) is 5.83. The van der Waals surface area contributed by atoms with E-state index >= 15 is 0 Å². The highest BCUT2D eigenvalue weighted by Crippen LogP contribution is 2.37. The summed E-state index contributed by atoms with van der Waals surface area (Å²) >= 11 is 0. The predicted octanol–water partition coefficient (Wildman–Crippen LogP) is 2.97. The maximum Gasteiger partial charge on any atom is 0.410 e. The van der Waals surface area contributed by atoms with Crippen LogP contribution in [0.15, 0.2) is 36.8 Å². The SMILES string of the molecule is COc1cnn2cc(-c3nn4c(c3C)CCN(S(=O)(=O)C3CN(C(=O)OC(C)(C)C)C3)CC4)cc(O[C@H](CO)c3ccc(F)cn3)c12. The van der Waals surface area contributed by atoms with Crippen LogP contribution in [0.3, 0.4) is 0 Å². The number of aromatic nitrogens is 5. The van der Waals surface area contributed by atoms with Crippen LogP contribution in [-0.2, 0) is 27.7 Å². The van der Waals surface area contributed by atoms with Gasteiger partial charge in [0.05, 0.1) is 44.0 Å². The average molecular weight is 672 g/mol. The summed E-state index contributed by atoms with van der Waals surface area (Å²) in [6.07, 6.45) is 3.45. The first-order valence-corrected chi connectivity index (χ1v) is 16.8. The van der Waals surface area contributed by atoms with Crippen LogP contribution in [0.5, 0.6) is 11.5 Å². The summed E-state index contributed by atoms with van der Waals surface area (Å²) in [5, 5.41) is 18.8. The van der Waals surface area contributed by atoms with Crippen LogP contribution in [0.2, 0.25) is 0 Å². The van der Waals surface area contributed by atoms with Crippen LogP contribution in [0.4, 0.5) is 9.18 Å². The highest BCUT2D eigenvalue weighted by atomic mass is 32.2. The van der Waals surface area contributed by atoms with Gasteiger partial charge in [-0.1, -0.05) is 0 Å². The van der Waals surface area contributed by atoms with Gasteiger partial charge in [0.1, 0.15) is 16.7 Å². The quantitative estimate of drug-likeness (QED) is 0.296. The van der Waals surface area contributed by atoms with Gasteiger partial charge in [-0.2, -0.15) is 14.5 Å². The number of carbonyl (C=O) groups excluding carboxylic acids is 1. The summed E-state index contributed by atoms with van der Waals surface area (Å²) in [4.78, 5) is 17.8. The summed E-state index contributed by atoms with van der Waals surface area (Å²) in [5.41, 5.74) is 3.36. The third kappa shape index (κ3) is 6.36. The zero-order valence-corrected chi connectivity index (χ0v) is 27.7. The number of nitrogens with zero attached hydrogens (tertiary/aromatic N) is 7. The Balaban J connectivity index is 1.22. The van der Waals surface area contributed by atoms with E-state index in [1.165, 1.54) is 28.4 Å². The Morgan fingerprint density at radius 3 is 2.57 bits per heavy atom. The lowest BCUT2D eigenvalue weighted by atomic mass is 10.1. The van der Waals surface area contributed by atoms with Crippen molar-refractivity contribution >= 4 is 21.6 Å². The molecule has 252 valence electrons. The maximum absolute atomic E-state index is 13.5. The van der Waals surface area contributed by atoms with E-state index in [2.05, 4.69) is 10.1 Å². The first-order valence-electron chi connectivity index (χ1n) is 15.3. The standard InChI is InChI=1S/C31H38FN7O7S/c1-19-24-8-9-37(47(42,43)22-16-36(17-22)30(41)46-31(2,3)4)10-11-38(24)35-28(19)20-12-25(29-26(44-5)14-34-39(29)15-20)45-27(18-40)23-7-6-21(32)13-33-23/h6-7,12-15,22,27,40H,8-11,16-18H2,1-5H3/t27-/m1/s1. The smallest absolute Gasteiger partial charge is 0.410 e. The Labute approximate surface area is 271 Å². The van der Waals surface area contributed by atoms with Crippen molar-refractivity contribution in [2.75, 3.05) is 39.9 Å². The summed E-state index contributed by atoms with van der Waals surface area (Å²) in [5.74, 6) is 0.299. The number of carbonyl (C=O) groups is 1. The molecule has 0 bridgehead atoms. The molecule has 0 aliphatic carbocycles. The number of amides is 1. The molecule has 0 radical (unpaired) electrons. The van der Waals surface area contributed by atoms with Gasteiger partial charge in [-0.25, -0.2) is 22.1 Å². The van der Waals surface area contributed by atoms with E-state index in [1.807, 2.05) is 11.6 Å². The molecule has 0 spiro atoms. The zero-order chi connectivity index (χ0) is 33.7. The highest BCUT2D eigenvalue weighted by molar-refractivity contribution is 7.89. The number of pyridine rings is 2. The minimum Gasteiger partial charge on any atom is -0.493 e. The van der Waals surface area contributed by atoms with Gasteiger partial charge in [0, 0.05) is 50.1 Å². The summed E-state index contributed by atoms with van der Waals surface area (Å²) < 4.78 is 62.5. The molecule has 14 nitrogen and oxygen atoms in total. The fraction of sp³-hybridized carbons (Fsp3) is 0.484. The molecule has 47 heavy (non-hydrogen) atoms. The number of aliphatic hydroxyl groups excluding tert-OH is 1. The third-order valence-electron chi connectivity index (χ3n) is 8.31. The molecule has 1 N–H and O–H groups in total. The molecule has 4 aromatic heterocycles. The number of hydrogen-bond acceptors (Lipinski definition) is 10. The lowest BCUT2D eigenvalue weighted by Gasteiger charge is -2.40. The molecule has 0 unspecified atom stereocenters. The Morgan fingerprint density at radius 2 is 1.91 bits per heavy atom. The van der Waals surface area contributed by atoms with Gasteiger partial charge in [-0.15, -0.1) is 0 Å². The molecule has 2 aliphatic heterocycles. The first kappa shape index (κ1) is 32.7. The van der Waals surface area contributed by atoms with Gasteiger partial charge in [0.25, 0.3) is 0 Å². The van der Waals surface area contributed by atoms with Crippen molar-refractivity contribution < 1.29 is 36.9 Å². The highest BCUT2D eigenvalue weighted by Gasteiger charge is 2.44. The maximum atomic E-state index is 13.5. The zero-order valence-electron chi connectivity index (χ0n) is 26.9. The van der Waals surface area contributed by atoms with E-state index in [-0.39, 0.29) is 26.2 Å². The van der Waals surface area contributed by atoms with E-state index in [0.717, 1.165) is 17.5 Å². The number of aliphatic hydroxyl groups is 1. The van der Waals surface area contributed by atoms with E-state index in [4.69, 9.17) is 19.3 Å². The lowest BCUT2D eigenvalue weighted by molar-refractivity contribution is 0.0136. The number of ether oxygens (including phenoxy) is 3. The van der Waals surface area contributed by atoms with Crippen LogP contribution >= 0.6 is 0 Å². The summed E-state index contributed by atoms with van der Waals surface area (Å²) in [6, 6.07) is 4.48. The van der Waals surface area contributed by atoms with Crippen LogP contribution in [-0.4, -0.2) is 104 Å². The molecule has 4 aromatic rings. The fourth-order valence-corrected chi connectivity index (χ4v) is 7.67. The molecular weight excluding hydrogens is 633 g/mol. The molecule has 2 aliphatic rings. The molecule has 1 fully saturated rings. The van der Waals surface area contributed by atoms with Gasteiger partial charge < -0.3 is 24.2 Å². The second-order valence-electron chi connectivity index (χ2n) is 12.6. The van der Waals surface area contributed by atoms with E-state index < -0.39 is 45.5 Å². The lowest BCUT2D eigenvalue weighted by Crippen LogP contribution is -2.60. The molecule has 1 saturated heterocycles. The average Bonchev–Trinajstić information content (AvgIpc) is 3.46. The summed E-state index contributed by atoms with van der Waals surface area (Å²) in [7, 11) is -2.13. The molecule has 1 atom stereocenters. The van der Waals surface area contributed by atoms with E-state index in [9.17, 15) is 22.7 Å². The van der Waals surface area contributed by atoms with Crippen molar-refractivity contribution in [3.8, 4) is 22.8 Å². The largest absolute Gasteiger partial charge is 0.493 e. The molecule has 1 amide bonds. The second kappa shape index (κ2) is 12.4. The van der Waals surface area contributed by atoms with Gasteiger partial charge in [0.15, 0.2) is 23.1 Å². The van der Waals surface area contributed by atoms with Crippen molar-refractivity contribution in [1.29, 1.82) is 0 Å². The number of sulfonamides is 1. The predicted molar refractivity (Wildman–Crippen MR) is 168 cm³/mol. The topological polar surface area (TPSA) is 154 Å². The molecule has 0 saturated carbocycles. The molecule has 0 aromatic carbocycles. The van der Waals surface area contributed by atoms with Crippen molar-refractivity contribution in [1.82, 2.24) is 33.6 Å². The Morgan fingerprint density at radius 1 is 1.15 bits per heavy atom. The molecule has 16 heteroatoms. The van der Waals surface area contributed by atoms with Crippen molar-refractivity contribution in [2.24, 2.45) is 0 Å². The van der Waals surface area contributed by atoms with Crippen LogP contribution in [0.25, 0.3) is 16.8 Å². The van der Waals surface area contributed by atoms with Crippen molar-refractivity contribution in [3.05, 3.63) is 59.6 Å². The van der Waals surface area contributed by atoms with Crippen LogP contribution < -0.4 is 9.47 Å². The Bertz CT molecular complexity index is 1900. The van der Waals surface area contributed by atoms with E-state index in [0.29, 0.717) is 46.9 Å². The monoisotopic (exact) mass is 671 g/mol. The minimum atomic E-state index is -3.64. The van der Waals surface area contributed by atoms with E-state index in [1.54, 1.807) is 43.7 Å². The first-order chi connectivity index (χ1) is 22.3. The van der Waals surface area contributed by atoms with Gasteiger partial charge in [-0.3, -0.25) is 9.67 Å².